The van der Waals surface area contributed by atoms with Crippen molar-refractivity contribution in [3.8, 4) is 6.07 Å². The molecule has 0 bridgehead atoms. The maximum atomic E-state index is 12.9. The molecule has 9 nitrogen and oxygen atoms in total. The fraction of sp³-hybridized carbons (Fsp3) is 0.111. The highest BCUT2D eigenvalue weighted by Crippen LogP contribution is 2.37. The first kappa shape index (κ1) is 21.7. The third kappa shape index (κ3) is 4.01. The van der Waals surface area contributed by atoms with Gasteiger partial charge in [-0.25, -0.2) is 4.98 Å². The number of thiazole rings is 1. The quantitative estimate of drug-likeness (QED) is 0.243. The number of hydrogen-bond donors (Lipinski definition) is 1. The minimum absolute atomic E-state index is 0.0729. The minimum Gasteiger partial charge on any atom is -0.506 e. The molecule has 3 rings (SSSR count). The number of alkyl halides is 3. The average molecular weight is 450 g/mol. The molecule has 0 saturated carbocycles. The largest absolute Gasteiger partial charge is 0.506 e. The van der Waals surface area contributed by atoms with Crippen molar-refractivity contribution >= 4 is 44.3 Å². The van der Waals surface area contributed by atoms with Crippen molar-refractivity contribution in [3.63, 3.8) is 0 Å². The number of fused-ring (bicyclic) bond motifs is 1. The van der Waals surface area contributed by atoms with Crippen molar-refractivity contribution in [3.05, 3.63) is 72.3 Å². The lowest BCUT2D eigenvalue weighted by Crippen LogP contribution is -2.03. The summed E-state index contributed by atoms with van der Waals surface area (Å²) in [5, 5.41) is 42.3. The Morgan fingerprint density at radius 3 is 2.23 bits per heavy atom. The number of nitro groups is 2. The second-order valence-corrected chi connectivity index (χ2v) is 7.22. The fourth-order valence-electron chi connectivity index (χ4n) is 2.76. The predicted octanol–water partition coefficient (Wildman–Crippen LogP) is 5.39. The zero-order valence-electron chi connectivity index (χ0n) is 15.3. The minimum atomic E-state index is -4.60. The third-order valence-corrected chi connectivity index (χ3v) is 5.35. The first-order chi connectivity index (χ1) is 14.4. The topological polar surface area (TPSA) is 143 Å². The highest BCUT2D eigenvalue weighted by molar-refractivity contribution is 7.19. The van der Waals surface area contributed by atoms with Crippen LogP contribution in [0, 0.1) is 38.5 Å². The van der Waals surface area contributed by atoms with Crippen molar-refractivity contribution in [1.29, 1.82) is 5.26 Å². The zero-order valence-corrected chi connectivity index (χ0v) is 16.1. The highest BCUT2D eigenvalue weighted by atomic mass is 32.1. The molecular formula is C18H9F3N4O5S. The second-order valence-electron chi connectivity index (χ2n) is 6.19. The first-order valence-electron chi connectivity index (χ1n) is 8.19. The highest BCUT2D eigenvalue weighted by Gasteiger charge is 2.31. The normalized spacial score (nSPS) is 12.4. The van der Waals surface area contributed by atoms with Gasteiger partial charge in [0.1, 0.15) is 28.0 Å². The van der Waals surface area contributed by atoms with Crippen molar-refractivity contribution in [2.45, 2.75) is 13.1 Å². The van der Waals surface area contributed by atoms with Crippen LogP contribution in [0.4, 0.5) is 24.5 Å². The van der Waals surface area contributed by atoms with Gasteiger partial charge in [0.2, 0.25) is 0 Å². The molecule has 0 spiro atoms. The molecule has 0 fully saturated rings. The standard InChI is InChI=1S/C18H9F3N4O5S/c1-8-13(24(27)28)4-9(5-14(8)25(29)30)16(26)11(7-22)17-23-12-6-10(18(19,20)21)2-3-15(12)31-17/h2-6,26H,1H3/b16-11-. The van der Waals surface area contributed by atoms with Gasteiger partial charge < -0.3 is 5.11 Å². The number of allylic oxidation sites excluding steroid dienone is 1. The third-order valence-electron chi connectivity index (χ3n) is 4.30. The van der Waals surface area contributed by atoms with E-state index in [0.29, 0.717) is 4.70 Å². The molecule has 1 N–H and O–H groups in total. The monoisotopic (exact) mass is 450 g/mol. The van der Waals surface area contributed by atoms with E-state index in [1.165, 1.54) is 0 Å². The predicted molar refractivity (Wildman–Crippen MR) is 104 cm³/mol. The number of aromatic nitrogens is 1. The Balaban J connectivity index is 2.21. The Kier molecular flexibility index (Phi) is 5.34. The molecule has 0 amide bonds. The summed E-state index contributed by atoms with van der Waals surface area (Å²) >= 11 is 0.810. The fourth-order valence-corrected chi connectivity index (χ4v) is 3.70. The maximum absolute atomic E-state index is 12.9. The van der Waals surface area contributed by atoms with E-state index < -0.39 is 44.3 Å². The summed E-state index contributed by atoms with van der Waals surface area (Å²) < 4.78 is 39.0. The van der Waals surface area contributed by atoms with E-state index in [2.05, 4.69) is 4.98 Å². The van der Waals surface area contributed by atoms with Gasteiger partial charge in [0.05, 0.1) is 25.6 Å². The number of benzene rings is 2. The molecule has 31 heavy (non-hydrogen) atoms. The van der Waals surface area contributed by atoms with Crippen molar-refractivity contribution in [2.75, 3.05) is 0 Å². The Morgan fingerprint density at radius 2 is 1.74 bits per heavy atom. The summed E-state index contributed by atoms with van der Waals surface area (Å²) in [6.45, 7) is 1.16. The Morgan fingerprint density at radius 1 is 1.16 bits per heavy atom. The van der Waals surface area contributed by atoms with Crippen molar-refractivity contribution in [2.24, 2.45) is 0 Å². The van der Waals surface area contributed by atoms with E-state index in [1.807, 2.05) is 0 Å². The molecule has 1 heterocycles. The van der Waals surface area contributed by atoms with Gasteiger partial charge in [0.15, 0.2) is 0 Å². The van der Waals surface area contributed by atoms with Gasteiger partial charge in [-0.15, -0.1) is 11.3 Å². The van der Waals surface area contributed by atoms with Crippen LogP contribution in [0.5, 0.6) is 0 Å². The van der Waals surface area contributed by atoms with Crippen LogP contribution in [-0.4, -0.2) is 19.9 Å². The van der Waals surface area contributed by atoms with E-state index in [1.54, 1.807) is 6.07 Å². The van der Waals surface area contributed by atoms with E-state index in [9.17, 15) is 43.8 Å². The number of hydrogen-bond acceptors (Lipinski definition) is 8. The van der Waals surface area contributed by atoms with Crippen LogP contribution in [0.2, 0.25) is 0 Å². The molecular weight excluding hydrogens is 441 g/mol. The molecule has 0 radical (unpaired) electrons. The smallest absolute Gasteiger partial charge is 0.416 e. The molecule has 13 heteroatoms. The molecule has 158 valence electrons. The SMILES string of the molecule is Cc1c([N+](=O)[O-])cc(/C(O)=C(\C#N)c2nc3cc(C(F)(F)F)ccc3s2)cc1[N+](=O)[O-]. The van der Waals surface area contributed by atoms with Crippen LogP contribution in [0.3, 0.4) is 0 Å². The second kappa shape index (κ2) is 7.65. The average Bonchev–Trinajstić information content (AvgIpc) is 3.10. The van der Waals surface area contributed by atoms with E-state index in [4.69, 9.17) is 0 Å². The molecule has 0 aliphatic carbocycles. The number of nitriles is 1. The number of aliphatic hydroxyl groups is 1. The molecule has 0 atom stereocenters. The lowest BCUT2D eigenvalue weighted by Gasteiger charge is -2.05. The van der Waals surface area contributed by atoms with Crippen molar-refractivity contribution in [1.82, 2.24) is 4.98 Å². The van der Waals surface area contributed by atoms with E-state index in [0.717, 1.165) is 48.6 Å². The lowest BCUT2D eigenvalue weighted by molar-refractivity contribution is -0.395. The Labute approximate surface area is 174 Å². The van der Waals surface area contributed by atoms with Crippen LogP contribution in [0.25, 0.3) is 21.5 Å². The van der Waals surface area contributed by atoms with E-state index >= 15 is 0 Å². The van der Waals surface area contributed by atoms with Gasteiger partial charge in [-0.05, 0) is 25.1 Å². The zero-order chi connectivity index (χ0) is 23.1. The summed E-state index contributed by atoms with van der Waals surface area (Å²) in [6, 6.07) is 6.16. The van der Waals surface area contributed by atoms with Crippen molar-refractivity contribution < 1.29 is 28.1 Å². The Bertz CT molecular complexity index is 1290. The maximum Gasteiger partial charge on any atom is 0.416 e. The van der Waals surface area contributed by atoms with E-state index in [-0.39, 0.29) is 21.7 Å². The van der Waals surface area contributed by atoms with Gasteiger partial charge in [-0.2, -0.15) is 18.4 Å². The van der Waals surface area contributed by atoms with Crippen LogP contribution in [-0.2, 0) is 6.18 Å². The first-order valence-corrected chi connectivity index (χ1v) is 9.01. The van der Waals surface area contributed by atoms with Gasteiger partial charge in [-0.3, -0.25) is 20.2 Å². The number of rotatable bonds is 4. The molecule has 0 aliphatic rings. The number of aliphatic hydroxyl groups excluding tert-OH is 1. The van der Waals surface area contributed by atoms with Crippen LogP contribution in [0.1, 0.15) is 21.7 Å². The number of halogens is 3. The molecule has 0 unspecified atom stereocenters. The molecule has 1 aromatic heterocycles. The summed E-state index contributed by atoms with van der Waals surface area (Å²) in [5.74, 6) is -0.830. The van der Waals surface area contributed by atoms with Gasteiger partial charge in [0.25, 0.3) is 11.4 Å². The van der Waals surface area contributed by atoms with Gasteiger partial charge in [-0.1, -0.05) is 0 Å². The number of nitro benzene ring substituents is 2. The lowest BCUT2D eigenvalue weighted by atomic mass is 10.0. The summed E-state index contributed by atoms with van der Waals surface area (Å²) in [4.78, 5) is 24.7. The molecule has 3 aromatic rings. The van der Waals surface area contributed by atoms with Crippen LogP contribution in [0.15, 0.2) is 30.3 Å². The van der Waals surface area contributed by atoms with Crippen LogP contribution < -0.4 is 0 Å². The van der Waals surface area contributed by atoms with Gasteiger partial charge in [0, 0.05) is 17.7 Å². The summed E-state index contributed by atoms with van der Waals surface area (Å²) in [7, 11) is 0. The molecule has 2 aromatic carbocycles. The van der Waals surface area contributed by atoms with Gasteiger partial charge >= 0.3 is 6.18 Å². The Hall–Kier alpha value is -4.05. The summed E-state index contributed by atoms with van der Waals surface area (Å²) in [5.41, 5.74) is -3.44. The summed E-state index contributed by atoms with van der Waals surface area (Å²) in [6.07, 6.45) is -4.60. The molecule has 0 saturated heterocycles. The van der Waals surface area contributed by atoms with Crippen LogP contribution >= 0.6 is 11.3 Å². The number of nitrogens with zero attached hydrogens (tertiary/aromatic N) is 4. The molecule has 0 aliphatic heterocycles.